The summed E-state index contributed by atoms with van der Waals surface area (Å²) >= 11 is 0. The van der Waals surface area contributed by atoms with Gasteiger partial charge in [-0.25, -0.2) is 4.98 Å². The van der Waals surface area contributed by atoms with Crippen LogP contribution in [0.25, 0.3) is 5.65 Å². The molecule has 0 saturated carbocycles. The summed E-state index contributed by atoms with van der Waals surface area (Å²) in [6.45, 7) is 8.65. The van der Waals surface area contributed by atoms with Gasteiger partial charge in [0.25, 0.3) is 0 Å². The molecule has 3 heterocycles. The minimum atomic E-state index is 0.480. The fourth-order valence-corrected chi connectivity index (χ4v) is 2.98. The zero-order valence-corrected chi connectivity index (χ0v) is 12.6. The van der Waals surface area contributed by atoms with Crippen molar-refractivity contribution in [2.75, 3.05) is 11.4 Å². The lowest BCUT2D eigenvalue weighted by molar-refractivity contribution is 0.577. The summed E-state index contributed by atoms with van der Waals surface area (Å²) in [5.74, 6) is 1.16. The van der Waals surface area contributed by atoms with E-state index in [0.717, 1.165) is 24.6 Å². The van der Waals surface area contributed by atoms with E-state index in [1.807, 2.05) is 0 Å². The van der Waals surface area contributed by atoms with E-state index in [4.69, 9.17) is 4.98 Å². The van der Waals surface area contributed by atoms with E-state index in [2.05, 4.69) is 59.8 Å². The molecule has 20 heavy (non-hydrogen) atoms. The molecule has 0 radical (unpaired) electrons. The first-order chi connectivity index (χ1) is 9.66. The summed E-state index contributed by atoms with van der Waals surface area (Å²) in [6.07, 6.45) is 4.65. The first-order valence-corrected chi connectivity index (χ1v) is 7.63. The number of nitrogens with zero attached hydrogens (tertiary/aromatic N) is 3. The second-order valence-corrected chi connectivity index (χ2v) is 6.03. The van der Waals surface area contributed by atoms with Gasteiger partial charge in [0.1, 0.15) is 5.65 Å². The Labute approximate surface area is 120 Å². The molecule has 1 saturated heterocycles. The van der Waals surface area contributed by atoms with Crippen molar-refractivity contribution < 1.29 is 0 Å². The van der Waals surface area contributed by atoms with E-state index >= 15 is 0 Å². The SMILES string of the molecule is CC(C)NCc1c(N2CCCC2C)nc2ccccn12. The normalized spacial score (nSPS) is 19.4. The fourth-order valence-electron chi connectivity index (χ4n) is 2.98. The minimum Gasteiger partial charge on any atom is -0.352 e. The summed E-state index contributed by atoms with van der Waals surface area (Å²) in [5, 5.41) is 3.53. The van der Waals surface area contributed by atoms with E-state index in [1.165, 1.54) is 18.5 Å². The molecule has 0 aromatic carbocycles. The molecule has 1 atom stereocenters. The van der Waals surface area contributed by atoms with E-state index < -0.39 is 0 Å². The minimum absolute atomic E-state index is 0.480. The zero-order chi connectivity index (χ0) is 14.1. The average Bonchev–Trinajstić information content (AvgIpc) is 2.99. The second kappa shape index (κ2) is 5.44. The highest BCUT2D eigenvalue weighted by Gasteiger charge is 2.26. The molecule has 1 aliphatic rings. The monoisotopic (exact) mass is 272 g/mol. The molecule has 1 fully saturated rings. The number of anilines is 1. The van der Waals surface area contributed by atoms with Crippen molar-refractivity contribution in [3.8, 4) is 0 Å². The van der Waals surface area contributed by atoms with Gasteiger partial charge in [-0.2, -0.15) is 0 Å². The van der Waals surface area contributed by atoms with Crippen molar-refractivity contribution >= 4 is 11.5 Å². The topological polar surface area (TPSA) is 32.6 Å². The first kappa shape index (κ1) is 13.4. The standard InChI is InChI=1S/C16H24N4/c1-12(2)17-11-14-16(19-10-6-7-13(19)3)18-15-8-4-5-9-20(14)15/h4-5,8-9,12-13,17H,6-7,10-11H2,1-3H3. The van der Waals surface area contributed by atoms with Gasteiger partial charge in [-0.05, 0) is 31.9 Å². The maximum absolute atomic E-state index is 4.87. The Morgan fingerprint density at radius 2 is 2.25 bits per heavy atom. The highest BCUT2D eigenvalue weighted by Crippen LogP contribution is 2.28. The predicted molar refractivity (Wildman–Crippen MR) is 83.2 cm³/mol. The number of rotatable bonds is 4. The van der Waals surface area contributed by atoms with Gasteiger partial charge < -0.3 is 14.6 Å². The maximum atomic E-state index is 4.87. The average molecular weight is 272 g/mol. The number of hydrogen-bond acceptors (Lipinski definition) is 3. The van der Waals surface area contributed by atoms with E-state index in [-0.39, 0.29) is 0 Å². The summed E-state index contributed by atoms with van der Waals surface area (Å²) in [4.78, 5) is 7.33. The molecule has 3 rings (SSSR count). The van der Waals surface area contributed by atoms with Crippen molar-refractivity contribution in [3.05, 3.63) is 30.1 Å². The van der Waals surface area contributed by atoms with Crippen LogP contribution in [0, 0.1) is 0 Å². The highest BCUT2D eigenvalue weighted by molar-refractivity contribution is 5.57. The molecule has 0 bridgehead atoms. The number of aromatic nitrogens is 2. The fraction of sp³-hybridized carbons (Fsp3) is 0.562. The summed E-state index contributed by atoms with van der Waals surface area (Å²) in [5.41, 5.74) is 2.32. The van der Waals surface area contributed by atoms with Crippen LogP contribution in [0.15, 0.2) is 24.4 Å². The molecule has 0 amide bonds. The molecule has 1 N–H and O–H groups in total. The summed E-state index contributed by atoms with van der Waals surface area (Å²) in [6, 6.07) is 7.29. The van der Waals surface area contributed by atoms with Crippen LogP contribution in [0.5, 0.6) is 0 Å². The lowest BCUT2D eigenvalue weighted by Crippen LogP contribution is -2.29. The van der Waals surface area contributed by atoms with Gasteiger partial charge in [0, 0.05) is 31.4 Å². The summed E-state index contributed by atoms with van der Waals surface area (Å²) in [7, 11) is 0. The second-order valence-electron chi connectivity index (χ2n) is 6.03. The van der Waals surface area contributed by atoms with Crippen LogP contribution >= 0.6 is 0 Å². The van der Waals surface area contributed by atoms with Crippen molar-refractivity contribution in [2.24, 2.45) is 0 Å². The van der Waals surface area contributed by atoms with Gasteiger partial charge in [0.05, 0.1) is 5.69 Å². The van der Waals surface area contributed by atoms with Crippen LogP contribution in [0.1, 0.15) is 39.3 Å². The molecule has 4 nitrogen and oxygen atoms in total. The number of imidazole rings is 1. The van der Waals surface area contributed by atoms with Crippen molar-refractivity contribution in [1.29, 1.82) is 0 Å². The number of hydrogen-bond donors (Lipinski definition) is 1. The van der Waals surface area contributed by atoms with Gasteiger partial charge in [-0.3, -0.25) is 0 Å². The van der Waals surface area contributed by atoms with Gasteiger partial charge in [0.2, 0.25) is 0 Å². The zero-order valence-electron chi connectivity index (χ0n) is 12.6. The van der Waals surface area contributed by atoms with Crippen molar-refractivity contribution in [3.63, 3.8) is 0 Å². The van der Waals surface area contributed by atoms with Gasteiger partial charge in [-0.15, -0.1) is 0 Å². The third-order valence-electron chi connectivity index (χ3n) is 4.11. The van der Waals surface area contributed by atoms with Crippen LogP contribution in [0.4, 0.5) is 5.82 Å². The molecule has 2 aromatic rings. The van der Waals surface area contributed by atoms with Crippen molar-refractivity contribution in [2.45, 2.75) is 52.2 Å². The molecule has 0 aliphatic carbocycles. The van der Waals surface area contributed by atoms with Crippen LogP contribution in [0.2, 0.25) is 0 Å². The third kappa shape index (κ3) is 2.40. The highest BCUT2D eigenvalue weighted by atomic mass is 15.3. The molecular formula is C16H24N4. The quantitative estimate of drug-likeness (QED) is 0.929. The van der Waals surface area contributed by atoms with Crippen LogP contribution in [0.3, 0.4) is 0 Å². The molecule has 4 heteroatoms. The maximum Gasteiger partial charge on any atom is 0.152 e. The molecular weight excluding hydrogens is 248 g/mol. The smallest absolute Gasteiger partial charge is 0.152 e. The number of nitrogens with one attached hydrogen (secondary N) is 1. The lowest BCUT2D eigenvalue weighted by Gasteiger charge is -2.23. The molecule has 0 spiro atoms. The predicted octanol–water partition coefficient (Wildman–Crippen LogP) is 2.82. The number of pyridine rings is 1. The van der Waals surface area contributed by atoms with Crippen LogP contribution < -0.4 is 10.2 Å². The van der Waals surface area contributed by atoms with E-state index in [1.54, 1.807) is 0 Å². The lowest BCUT2D eigenvalue weighted by atomic mass is 10.2. The van der Waals surface area contributed by atoms with Gasteiger partial charge >= 0.3 is 0 Å². The Kier molecular flexibility index (Phi) is 3.66. The largest absolute Gasteiger partial charge is 0.352 e. The molecule has 1 unspecified atom stereocenters. The Morgan fingerprint density at radius 1 is 1.40 bits per heavy atom. The van der Waals surface area contributed by atoms with Gasteiger partial charge in [-0.1, -0.05) is 19.9 Å². The van der Waals surface area contributed by atoms with E-state index in [0.29, 0.717) is 12.1 Å². The number of fused-ring (bicyclic) bond motifs is 1. The van der Waals surface area contributed by atoms with Gasteiger partial charge in [0.15, 0.2) is 5.82 Å². The van der Waals surface area contributed by atoms with Crippen LogP contribution in [-0.2, 0) is 6.54 Å². The summed E-state index contributed by atoms with van der Waals surface area (Å²) < 4.78 is 2.22. The Hall–Kier alpha value is -1.55. The molecule has 1 aliphatic heterocycles. The Balaban J connectivity index is 2.02. The van der Waals surface area contributed by atoms with E-state index in [9.17, 15) is 0 Å². The first-order valence-electron chi connectivity index (χ1n) is 7.63. The van der Waals surface area contributed by atoms with Crippen LogP contribution in [-0.4, -0.2) is 28.0 Å². The third-order valence-corrected chi connectivity index (χ3v) is 4.11. The Bertz CT molecular complexity index is 587. The molecule has 2 aromatic heterocycles. The van der Waals surface area contributed by atoms with Crippen molar-refractivity contribution in [1.82, 2.24) is 14.7 Å². The molecule has 108 valence electrons. The Morgan fingerprint density at radius 3 is 2.95 bits per heavy atom.